The summed E-state index contributed by atoms with van der Waals surface area (Å²) in [5.41, 5.74) is 0.786. The number of aliphatic hydroxyl groups excluding tert-OH is 1. The van der Waals surface area contributed by atoms with Crippen LogP contribution in [-0.2, 0) is 4.79 Å². The zero-order valence-electron chi connectivity index (χ0n) is 14.7. The van der Waals surface area contributed by atoms with E-state index in [0.717, 1.165) is 12.8 Å². The number of fused-ring (bicyclic) bond motifs is 2. The third-order valence-electron chi connectivity index (χ3n) is 5.61. The lowest BCUT2D eigenvalue weighted by molar-refractivity contribution is -0.133. The summed E-state index contributed by atoms with van der Waals surface area (Å²) in [6.07, 6.45) is 4.32. The standard InChI is InChI=1S/C18H23N5O3/c1-23(18(26)14-11-4-2-5-12(11)14)9-10(24)8-20-17(25)15-13-6-3-7-19-16(13)22-21-15/h3,6-7,10-12,14,24H,2,4-5,8-9H2,1H3,(H,20,25)(H,19,21,22)/t10?,11-,12+,14?. The first-order chi connectivity index (χ1) is 12.6. The average molecular weight is 357 g/mol. The first kappa shape index (κ1) is 17.0. The molecular formula is C18H23N5O3. The molecule has 2 aromatic rings. The highest BCUT2D eigenvalue weighted by atomic mass is 16.3. The van der Waals surface area contributed by atoms with Gasteiger partial charge in [-0.1, -0.05) is 6.42 Å². The fraction of sp³-hybridized carbons (Fsp3) is 0.556. The van der Waals surface area contributed by atoms with E-state index in [4.69, 9.17) is 0 Å². The Hall–Kier alpha value is -2.48. The van der Waals surface area contributed by atoms with Crippen LogP contribution in [0.3, 0.4) is 0 Å². The molecule has 0 radical (unpaired) electrons. The molecule has 2 saturated carbocycles. The third-order valence-corrected chi connectivity index (χ3v) is 5.61. The van der Waals surface area contributed by atoms with Gasteiger partial charge in [0.15, 0.2) is 5.65 Å². The van der Waals surface area contributed by atoms with Crippen LogP contribution in [0, 0.1) is 17.8 Å². The smallest absolute Gasteiger partial charge is 0.270 e. The maximum Gasteiger partial charge on any atom is 0.270 e. The Balaban J connectivity index is 1.27. The fourth-order valence-corrected chi connectivity index (χ4v) is 4.24. The van der Waals surface area contributed by atoms with Gasteiger partial charge in [0.2, 0.25) is 5.91 Å². The number of carbonyl (C=O) groups is 2. The van der Waals surface area contributed by atoms with E-state index in [1.807, 2.05) is 0 Å². The van der Waals surface area contributed by atoms with Crippen molar-refractivity contribution in [3.05, 3.63) is 24.0 Å². The van der Waals surface area contributed by atoms with Gasteiger partial charge in [-0.05, 0) is 36.8 Å². The first-order valence-corrected chi connectivity index (χ1v) is 9.06. The summed E-state index contributed by atoms with van der Waals surface area (Å²) in [5, 5.41) is 20.1. The van der Waals surface area contributed by atoms with Gasteiger partial charge in [0.05, 0.1) is 11.5 Å². The summed E-state index contributed by atoms with van der Waals surface area (Å²) in [6, 6.07) is 3.49. The summed E-state index contributed by atoms with van der Waals surface area (Å²) in [6.45, 7) is 0.273. The van der Waals surface area contributed by atoms with Gasteiger partial charge < -0.3 is 15.3 Å². The van der Waals surface area contributed by atoms with E-state index in [1.54, 1.807) is 30.3 Å². The minimum absolute atomic E-state index is 0.0642. The van der Waals surface area contributed by atoms with Gasteiger partial charge in [0, 0.05) is 32.3 Å². The largest absolute Gasteiger partial charge is 0.389 e. The lowest BCUT2D eigenvalue weighted by Gasteiger charge is -2.22. The molecule has 2 amide bonds. The Labute approximate surface area is 151 Å². The number of pyridine rings is 1. The van der Waals surface area contributed by atoms with Crippen molar-refractivity contribution in [1.29, 1.82) is 0 Å². The molecule has 2 unspecified atom stereocenters. The number of hydrogen-bond acceptors (Lipinski definition) is 5. The second-order valence-electron chi connectivity index (χ2n) is 7.34. The number of H-pyrrole nitrogens is 1. The van der Waals surface area contributed by atoms with Crippen LogP contribution in [0.1, 0.15) is 29.8 Å². The Morgan fingerprint density at radius 3 is 2.96 bits per heavy atom. The summed E-state index contributed by atoms with van der Waals surface area (Å²) >= 11 is 0. The van der Waals surface area contributed by atoms with Gasteiger partial charge in [0.25, 0.3) is 5.91 Å². The zero-order valence-corrected chi connectivity index (χ0v) is 14.7. The van der Waals surface area contributed by atoms with Crippen LogP contribution in [-0.4, -0.2) is 63.2 Å². The van der Waals surface area contributed by atoms with Gasteiger partial charge >= 0.3 is 0 Å². The van der Waals surface area contributed by atoms with Crippen molar-refractivity contribution in [1.82, 2.24) is 25.4 Å². The number of aliphatic hydroxyl groups is 1. The Bertz CT molecular complexity index is 825. The van der Waals surface area contributed by atoms with Crippen LogP contribution in [0.4, 0.5) is 0 Å². The van der Waals surface area contributed by atoms with Crippen molar-refractivity contribution in [2.24, 2.45) is 17.8 Å². The molecule has 8 nitrogen and oxygen atoms in total. The van der Waals surface area contributed by atoms with Crippen molar-refractivity contribution < 1.29 is 14.7 Å². The molecular weight excluding hydrogens is 334 g/mol. The number of hydrogen-bond donors (Lipinski definition) is 3. The second-order valence-corrected chi connectivity index (χ2v) is 7.34. The zero-order chi connectivity index (χ0) is 18.3. The average Bonchev–Trinajstić information content (AvgIpc) is 3.01. The number of likely N-dealkylation sites (N-methyl/N-ethyl adjacent to an activating group) is 1. The molecule has 2 heterocycles. The van der Waals surface area contributed by atoms with E-state index in [1.165, 1.54) is 6.42 Å². The van der Waals surface area contributed by atoms with Crippen LogP contribution < -0.4 is 5.32 Å². The molecule has 0 spiro atoms. The highest BCUT2D eigenvalue weighted by Crippen LogP contribution is 2.58. The molecule has 2 aliphatic carbocycles. The molecule has 2 fully saturated rings. The highest BCUT2D eigenvalue weighted by Gasteiger charge is 2.57. The number of nitrogens with zero attached hydrogens (tertiary/aromatic N) is 3. The summed E-state index contributed by atoms with van der Waals surface area (Å²) < 4.78 is 0. The number of carbonyl (C=O) groups excluding carboxylic acids is 2. The Morgan fingerprint density at radius 1 is 1.42 bits per heavy atom. The Kier molecular flexibility index (Phi) is 4.36. The molecule has 138 valence electrons. The van der Waals surface area contributed by atoms with Crippen molar-refractivity contribution in [2.75, 3.05) is 20.1 Å². The number of amides is 2. The number of aromatic nitrogens is 3. The predicted octanol–water partition coefficient (Wildman–Crippen LogP) is 0.553. The lowest BCUT2D eigenvalue weighted by Crippen LogP contribution is -2.41. The topological polar surface area (TPSA) is 111 Å². The molecule has 2 aliphatic rings. The first-order valence-electron chi connectivity index (χ1n) is 9.06. The van der Waals surface area contributed by atoms with Crippen LogP contribution in [0.15, 0.2) is 18.3 Å². The summed E-state index contributed by atoms with van der Waals surface area (Å²) in [5.74, 6) is 1.04. The van der Waals surface area contributed by atoms with Gasteiger partial charge in [-0.25, -0.2) is 4.98 Å². The van der Waals surface area contributed by atoms with E-state index in [0.29, 0.717) is 28.6 Å². The minimum Gasteiger partial charge on any atom is -0.389 e. The van der Waals surface area contributed by atoms with Gasteiger partial charge in [-0.15, -0.1) is 0 Å². The third kappa shape index (κ3) is 3.05. The van der Waals surface area contributed by atoms with Crippen molar-refractivity contribution >= 4 is 22.8 Å². The fourth-order valence-electron chi connectivity index (χ4n) is 4.24. The molecule has 0 aromatic carbocycles. The van der Waals surface area contributed by atoms with E-state index >= 15 is 0 Å². The maximum absolute atomic E-state index is 12.4. The normalized spacial score (nSPS) is 24.9. The highest BCUT2D eigenvalue weighted by molar-refractivity contribution is 6.03. The quantitative estimate of drug-likeness (QED) is 0.699. The van der Waals surface area contributed by atoms with Crippen LogP contribution in [0.25, 0.3) is 11.0 Å². The van der Waals surface area contributed by atoms with Crippen LogP contribution in [0.2, 0.25) is 0 Å². The molecule has 4 atom stereocenters. The molecule has 2 aromatic heterocycles. The summed E-state index contributed by atoms with van der Waals surface area (Å²) in [7, 11) is 1.72. The number of nitrogens with one attached hydrogen (secondary N) is 2. The van der Waals surface area contributed by atoms with Gasteiger partial charge in [0.1, 0.15) is 5.69 Å². The van der Waals surface area contributed by atoms with Crippen molar-refractivity contribution in [3.8, 4) is 0 Å². The molecule has 0 saturated heterocycles. The molecule has 8 heteroatoms. The minimum atomic E-state index is -0.821. The molecule has 3 N–H and O–H groups in total. The van der Waals surface area contributed by atoms with Crippen molar-refractivity contribution in [3.63, 3.8) is 0 Å². The predicted molar refractivity (Wildman–Crippen MR) is 94.2 cm³/mol. The maximum atomic E-state index is 12.4. The SMILES string of the molecule is CN(CC(O)CNC(=O)c1[nH]nc2ncccc12)C(=O)C1[C@H]2CCC[C@@H]12. The van der Waals surface area contributed by atoms with E-state index < -0.39 is 6.10 Å². The molecule has 0 aliphatic heterocycles. The second kappa shape index (κ2) is 6.68. The van der Waals surface area contributed by atoms with E-state index in [9.17, 15) is 14.7 Å². The number of rotatable bonds is 6. The van der Waals surface area contributed by atoms with Gasteiger partial charge in [-0.3, -0.25) is 14.7 Å². The molecule has 4 rings (SSSR count). The van der Waals surface area contributed by atoms with Crippen LogP contribution in [0.5, 0.6) is 0 Å². The van der Waals surface area contributed by atoms with Crippen LogP contribution >= 0.6 is 0 Å². The molecule has 0 bridgehead atoms. The van der Waals surface area contributed by atoms with Gasteiger partial charge in [-0.2, -0.15) is 5.10 Å². The molecule has 26 heavy (non-hydrogen) atoms. The van der Waals surface area contributed by atoms with E-state index in [2.05, 4.69) is 20.5 Å². The summed E-state index contributed by atoms with van der Waals surface area (Å²) in [4.78, 5) is 30.4. The Morgan fingerprint density at radius 2 is 2.19 bits per heavy atom. The monoisotopic (exact) mass is 357 g/mol. The lowest BCUT2D eigenvalue weighted by atomic mass is 10.1. The van der Waals surface area contributed by atoms with E-state index in [-0.39, 0.29) is 30.8 Å². The van der Waals surface area contributed by atoms with Crippen molar-refractivity contribution in [2.45, 2.75) is 25.4 Å². The number of aromatic amines is 1.